The second kappa shape index (κ2) is 10.2. The summed E-state index contributed by atoms with van der Waals surface area (Å²) >= 11 is 0. The van der Waals surface area contributed by atoms with Crippen molar-refractivity contribution in [2.24, 2.45) is 12.0 Å². The number of rotatable bonds is 8. The lowest BCUT2D eigenvalue weighted by Gasteiger charge is -2.22. The summed E-state index contributed by atoms with van der Waals surface area (Å²) < 4.78 is 20.5. The molecule has 166 valence electrons. The Labute approximate surface area is 183 Å². The smallest absolute Gasteiger partial charge is 0.226 e. The molecule has 0 amide bonds. The average Bonchev–Trinajstić information content (AvgIpc) is 3.34. The summed E-state index contributed by atoms with van der Waals surface area (Å²) in [6.45, 7) is 8.45. The van der Waals surface area contributed by atoms with Gasteiger partial charge in [-0.05, 0) is 37.1 Å². The van der Waals surface area contributed by atoms with Crippen molar-refractivity contribution in [2.45, 2.75) is 39.7 Å². The summed E-state index contributed by atoms with van der Waals surface area (Å²) in [7, 11) is 3.98. The van der Waals surface area contributed by atoms with E-state index in [4.69, 9.17) is 9.41 Å². The first-order chi connectivity index (χ1) is 14.9. The predicted molar refractivity (Wildman–Crippen MR) is 120 cm³/mol. The molecule has 0 aliphatic rings. The number of aryl methyl sites for hydroxylation is 1. The van der Waals surface area contributed by atoms with Crippen molar-refractivity contribution in [3.05, 3.63) is 59.5 Å². The summed E-state index contributed by atoms with van der Waals surface area (Å²) in [6, 6.07) is 6.11. The third kappa shape index (κ3) is 5.93. The maximum Gasteiger partial charge on any atom is 0.226 e. The number of nitrogens with one attached hydrogen (secondary N) is 1. The van der Waals surface area contributed by atoms with Gasteiger partial charge in [-0.15, -0.1) is 0 Å². The highest BCUT2D eigenvalue weighted by Gasteiger charge is 2.15. The number of guanidine groups is 1. The van der Waals surface area contributed by atoms with E-state index >= 15 is 0 Å². The second-order valence-corrected chi connectivity index (χ2v) is 7.86. The Morgan fingerprint density at radius 2 is 2.03 bits per heavy atom. The summed E-state index contributed by atoms with van der Waals surface area (Å²) in [6.07, 6.45) is 4.36. The van der Waals surface area contributed by atoms with Crippen LogP contribution in [0.4, 0.5) is 4.39 Å². The number of nitrogens with zero attached hydrogens (tertiary/aromatic N) is 5. The first kappa shape index (κ1) is 22.5. The molecule has 3 aromatic rings. The van der Waals surface area contributed by atoms with Crippen LogP contribution in [0.25, 0.3) is 11.5 Å². The molecular weight excluding hydrogens is 395 g/mol. The SMILES string of the molecule is CCNC(=NCCc1coc(-c2ccc(F)cc2)n1)N(C)Cc1cn(C)nc1C(C)C. The molecule has 1 aromatic carbocycles. The zero-order valence-electron chi connectivity index (χ0n) is 18.9. The fraction of sp³-hybridized carbons (Fsp3) is 0.435. The maximum atomic E-state index is 13.1. The molecule has 0 spiro atoms. The molecule has 0 unspecified atom stereocenters. The average molecular weight is 427 g/mol. The first-order valence-electron chi connectivity index (χ1n) is 10.6. The van der Waals surface area contributed by atoms with Crippen molar-refractivity contribution in [1.82, 2.24) is 25.0 Å². The highest BCUT2D eigenvalue weighted by molar-refractivity contribution is 5.79. The number of oxazole rings is 1. The second-order valence-electron chi connectivity index (χ2n) is 7.86. The van der Waals surface area contributed by atoms with Gasteiger partial charge in [0.25, 0.3) is 0 Å². The Morgan fingerprint density at radius 3 is 2.71 bits per heavy atom. The Morgan fingerprint density at radius 1 is 1.29 bits per heavy atom. The number of halogens is 1. The molecule has 1 N–H and O–H groups in total. The van der Waals surface area contributed by atoms with Crippen LogP contribution in [0.1, 0.15) is 43.6 Å². The summed E-state index contributed by atoms with van der Waals surface area (Å²) in [5.74, 6) is 1.41. The van der Waals surface area contributed by atoms with E-state index in [1.807, 2.05) is 18.8 Å². The molecule has 2 aromatic heterocycles. The molecule has 0 bridgehead atoms. The van der Waals surface area contributed by atoms with Gasteiger partial charge in [0.15, 0.2) is 5.96 Å². The van der Waals surface area contributed by atoms with Crippen LogP contribution in [0.3, 0.4) is 0 Å². The number of aliphatic imine (C=N–C) groups is 1. The van der Waals surface area contributed by atoms with Crippen molar-refractivity contribution in [3.63, 3.8) is 0 Å². The highest BCUT2D eigenvalue weighted by atomic mass is 19.1. The van der Waals surface area contributed by atoms with Crippen molar-refractivity contribution in [1.29, 1.82) is 0 Å². The van der Waals surface area contributed by atoms with Gasteiger partial charge in [0.05, 0.1) is 11.4 Å². The predicted octanol–water partition coefficient (Wildman–Crippen LogP) is 3.98. The fourth-order valence-corrected chi connectivity index (χ4v) is 3.39. The van der Waals surface area contributed by atoms with Gasteiger partial charge in [0.1, 0.15) is 12.1 Å². The molecule has 0 radical (unpaired) electrons. The molecule has 2 heterocycles. The van der Waals surface area contributed by atoms with Gasteiger partial charge in [-0.25, -0.2) is 9.37 Å². The van der Waals surface area contributed by atoms with E-state index in [9.17, 15) is 4.39 Å². The normalized spacial score (nSPS) is 11.9. The molecule has 0 saturated carbocycles. The maximum absolute atomic E-state index is 13.1. The Kier molecular flexibility index (Phi) is 7.44. The van der Waals surface area contributed by atoms with Crippen molar-refractivity contribution in [3.8, 4) is 11.5 Å². The van der Waals surface area contributed by atoms with Crippen LogP contribution < -0.4 is 5.32 Å². The lowest BCUT2D eigenvalue weighted by molar-refractivity contribution is 0.473. The zero-order chi connectivity index (χ0) is 22.4. The molecular formula is C23H31FN6O. The topological polar surface area (TPSA) is 71.5 Å². The minimum atomic E-state index is -0.281. The monoisotopic (exact) mass is 426 g/mol. The number of hydrogen-bond donors (Lipinski definition) is 1. The number of benzene rings is 1. The zero-order valence-corrected chi connectivity index (χ0v) is 18.9. The van der Waals surface area contributed by atoms with Crippen molar-refractivity contribution < 1.29 is 8.81 Å². The minimum Gasteiger partial charge on any atom is -0.444 e. The highest BCUT2D eigenvalue weighted by Crippen LogP contribution is 2.20. The molecule has 3 rings (SSSR count). The van der Waals surface area contributed by atoms with Crippen LogP contribution in [0.5, 0.6) is 0 Å². The van der Waals surface area contributed by atoms with Crippen LogP contribution in [0.2, 0.25) is 0 Å². The Balaban J connectivity index is 1.64. The fourth-order valence-electron chi connectivity index (χ4n) is 3.39. The molecule has 0 saturated heterocycles. The van der Waals surface area contributed by atoms with Gasteiger partial charge in [0.2, 0.25) is 5.89 Å². The molecule has 8 heteroatoms. The van der Waals surface area contributed by atoms with E-state index in [-0.39, 0.29) is 5.82 Å². The molecule has 0 aliphatic heterocycles. The standard InChI is InChI=1S/C23H31FN6O/c1-6-25-23(29(4)13-18-14-30(5)28-21(18)16(2)3)26-12-11-20-15-31-22(27-20)17-7-9-19(24)10-8-17/h7-10,14-16H,6,11-13H2,1-5H3,(H,25,26). The van der Waals surface area contributed by atoms with Gasteiger partial charge in [-0.2, -0.15) is 5.10 Å². The van der Waals surface area contributed by atoms with E-state index in [0.29, 0.717) is 24.8 Å². The van der Waals surface area contributed by atoms with Gasteiger partial charge < -0.3 is 14.6 Å². The number of hydrogen-bond acceptors (Lipinski definition) is 4. The van der Waals surface area contributed by atoms with Crippen LogP contribution in [0, 0.1) is 5.82 Å². The molecule has 31 heavy (non-hydrogen) atoms. The quantitative estimate of drug-likeness (QED) is 0.436. The summed E-state index contributed by atoms with van der Waals surface area (Å²) in [5.41, 5.74) is 3.88. The first-order valence-corrected chi connectivity index (χ1v) is 10.6. The lowest BCUT2D eigenvalue weighted by atomic mass is 10.1. The Bertz CT molecular complexity index is 1010. The van der Waals surface area contributed by atoms with E-state index in [1.165, 1.54) is 17.7 Å². The van der Waals surface area contributed by atoms with Gasteiger partial charge in [-0.1, -0.05) is 13.8 Å². The largest absolute Gasteiger partial charge is 0.444 e. The molecule has 0 fully saturated rings. The van der Waals surface area contributed by atoms with Crippen molar-refractivity contribution >= 4 is 5.96 Å². The van der Waals surface area contributed by atoms with Gasteiger partial charge >= 0.3 is 0 Å². The molecule has 0 atom stereocenters. The molecule has 0 aliphatic carbocycles. The Hall–Kier alpha value is -3.16. The van der Waals surface area contributed by atoms with Gasteiger partial charge in [-0.3, -0.25) is 9.67 Å². The van der Waals surface area contributed by atoms with Crippen molar-refractivity contribution in [2.75, 3.05) is 20.1 Å². The summed E-state index contributed by atoms with van der Waals surface area (Å²) in [4.78, 5) is 11.4. The van der Waals surface area contributed by atoms with Crippen LogP contribution in [-0.2, 0) is 20.0 Å². The van der Waals surface area contributed by atoms with Crippen LogP contribution in [-0.4, -0.2) is 45.8 Å². The van der Waals surface area contributed by atoms with E-state index < -0.39 is 0 Å². The van der Waals surface area contributed by atoms with E-state index in [1.54, 1.807) is 18.4 Å². The third-order valence-corrected chi connectivity index (χ3v) is 4.86. The summed E-state index contributed by atoms with van der Waals surface area (Å²) in [5, 5.41) is 7.94. The van der Waals surface area contributed by atoms with E-state index in [0.717, 1.165) is 36.0 Å². The minimum absolute atomic E-state index is 0.281. The van der Waals surface area contributed by atoms with Crippen LogP contribution in [0.15, 0.2) is 46.1 Å². The van der Waals surface area contributed by atoms with E-state index in [2.05, 4.69) is 47.3 Å². The lowest BCUT2D eigenvalue weighted by Crippen LogP contribution is -2.38. The van der Waals surface area contributed by atoms with Gasteiger partial charge in [0, 0.05) is 57.5 Å². The molecule has 7 nitrogen and oxygen atoms in total. The number of aromatic nitrogens is 3. The third-order valence-electron chi connectivity index (χ3n) is 4.86. The van der Waals surface area contributed by atoms with Crippen LogP contribution >= 0.6 is 0 Å².